The van der Waals surface area contributed by atoms with Crippen LogP contribution in [0.3, 0.4) is 0 Å². The van der Waals surface area contributed by atoms with Crippen LogP contribution in [0.2, 0.25) is 0 Å². The van der Waals surface area contributed by atoms with Gasteiger partial charge in [-0.1, -0.05) is 36.9 Å². The summed E-state index contributed by atoms with van der Waals surface area (Å²) in [5, 5.41) is -0.308. The first-order valence-corrected chi connectivity index (χ1v) is 8.91. The third kappa shape index (κ3) is 5.62. The molecule has 0 aliphatic rings. The lowest BCUT2D eigenvalue weighted by Gasteiger charge is -2.16. The number of hydrogen-bond donors (Lipinski definition) is 0. The van der Waals surface area contributed by atoms with Crippen molar-refractivity contribution in [1.82, 2.24) is 4.31 Å². The zero-order chi connectivity index (χ0) is 17.0. The molecule has 0 unspecified atom stereocenters. The number of carbonyl (C=O) groups is 1. The molecule has 0 amide bonds. The maximum absolute atomic E-state index is 12.6. The molecule has 4 nitrogen and oxygen atoms in total. The van der Waals surface area contributed by atoms with Crippen LogP contribution in [-0.2, 0) is 26.7 Å². The fourth-order valence-electron chi connectivity index (χ4n) is 1.65. The average Bonchev–Trinajstić information content (AvgIpc) is 2.37. The summed E-state index contributed by atoms with van der Waals surface area (Å²) < 4.78 is 62.9. The summed E-state index contributed by atoms with van der Waals surface area (Å²) in [5.41, 5.74) is -0.877. The summed E-state index contributed by atoms with van der Waals surface area (Å²) in [5.74, 6) is -0.0577. The highest BCUT2D eigenvalue weighted by Crippen LogP contribution is 2.30. The second-order valence-electron chi connectivity index (χ2n) is 4.52. The van der Waals surface area contributed by atoms with E-state index in [1.165, 1.54) is 13.1 Å². The fourth-order valence-corrected chi connectivity index (χ4v) is 3.47. The summed E-state index contributed by atoms with van der Waals surface area (Å²) in [6, 6.07) is 4.14. The highest BCUT2D eigenvalue weighted by Gasteiger charge is 2.31. The van der Waals surface area contributed by atoms with E-state index in [4.69, 9.17) is 0 Å². The lowest BCUT2D eigenvalue weighted by molar-refractivity contribution is -0.137. The van der Waals surface area contributed by atoms with Gasteiger partial charge in [0.1, 0.15) is 0 Å². The van der Waals surface area contributed by atoms with Crippen LogP contribution >= 0.6 is 11.8 Å². The first-order chi connectivity index (χ1) is 10.1. The Labute approximate surface area is 131 Å². The molecule has 0 heterocycles. The first kappa shape index (κ1) is 19.0. The minimum atomic E-state index is -4.53. The number of alkyl halides is 3. The van der Waals surface area contributed by atoms with Crippen molar-refractivity contribution in [3.63, 3.8) is 0 Å². The molecular formula is C13H16F3NO3S2. The second kappa shape index (κ2) is 7.47. The van der Waals surface area contributed by atoms with E-state index in [1.807, 2.05) is 0 Å². The number of likely N-dealkylation sites (N-methyl/N-ethyl adjacent to an activating group) is 1. The topological polar surface area (TPSA) is 54.5 Å². The van der Waals surface area contributed by atoms with E-state index in [0.29, 0.717) is 5.75 Å². The van der Waals surface area contributed by atoms with Gasteiger partial charge in [-0.2, -0.15) is 17.5 Å². The Hall–Kier alpha value is -1.06. The summed E-state index contributed by atoms with van der Waals surface area (Å²) in [6.45, 7) is 1.46. The molecule has 0 aromatic heterocycles. The zero-order valence-corrected chi connectivity index (χ0v) is 13.7. The van der Waals surface area contributed by atoms with Gasteiger partial charge in [0.2, 0.25) is 15.1 Å². The number of thioether (sulfide) groups is 1. The molecule has 0 N–H and O–H groups in total. The smallest absolute Gasteiger partial charge is 0.286 e. The normalized spacial score (nSPS) is 12.6. The van der Waals surface area contributed by atoms with E-state index in [0.717, 1.165) is 34.3 Å². The summed E-state index contributed by atoms with van der Waals surface area (Å²) in [4.78, 5) is 11.4. The molecule has 1 aromatic carbocycles. The van der Waals surface area contributed by atoms with Crippen LogP contribution in [-0.4, -0.2) is 37.2 Å². The van der Waals surface area contributed by atoms with Crippen LogP contribution in [0, 0.1) is 0 Å². The third-order valence-electron chi connectivity index (χ3n) is 2.74. The largest absolute Gasteiger partial charge is 0.416 e. The number of benzene rings is 1. The number of nitrogens with zero attached hydrogens (tertiary/aromatic N) is 1. The van der Waals surface area contributed by atoms with Gasteiger partial charge in [-0.05, 0) is 17.4 Å². The maximum atomic E-state index is 12.6. The second-order valence-corrected chi connectivity index (χ2v) is 7.91. The van der Waals surface area contributed by atoms with Gasteiger partial charge in [-0.25, -0.2) is 8.42 Å². The molecule has 0 aliphatic carbocycles. The number of halogens is 3. The quantitative estimate of drug-likeness (QED) is 0.787. The molecule has 0 saturated carbocycles. The third-order valence-corrected chi connectivity index (χ3v) is 5.25. The number of hydrogen-bond acceptors (Lipinski definition) is 4. The molecule has 22 heavy (non-hydrogen) atoms. The van der Waals surface area contributed by atoms with Crippen molar-refractivity contribution in [3.8, 4) is 0 Å². The van der Waals surface area contributed by atoms with E-state index >= 15 is 0 Å². The summed E-state index contributed by atoms with van der Waals surface area (Å²) in [6.07, 6.45) is -4.53. The summed E-state index contributed by atoms with van der Waals surface area (Å²) >= 11 is 0.994. The molecule has 0 atom stereocenters. The summed E-state index contributed by atoms with van der Waals surface area (Å²) in [7, 11) is -2.62. The molecule has 0 radical (unpaired) electrons. The molecule has 1 rings (SSSR count). The van der Waals surface area contributed by atoms with Crippen LogP contribution in [0.5, 0.6) is 0 Å². The minimum Gasteiger partial charge on any atom is -0.286 e. The Morgan fingerprint density at radius 1 is 1.32 bits per heavy atom. The molecule has 0 saturated heterocycles. The predicted octanol–water partition coefficient (Wildman–Crippen LogP) is 2.75. The Kier molecular flexibility index (Phi) is 6.45. The lowest BCUT2D eigenvalue weighted by Crippen LogP contribution is -2.32. The van der Waals surface area contributed by atoms with Crippen molar-refractivity contribution in [2.75, 3.05) is 19.3 Å². The van der Waals surface area contributed by atoms with Crippen molar-refractivity contribution in [1.29, 1.82) is 0 Å². The maximum Gasteiger partial charge on any atom is 0.416 e. The number of rotatable bonds is 6. The fraction of sp³-hybridized carbons (Fsp3) is 0.462. The van der Waals surface area contributed by atoms with Crippen molar-refractivity contribution < 1.29 is 26.4 Å². The van der Waals surface area contributed by atoms with Gasteiger partial charge in [0, 0.05) is 7.05 Å². The molecule has 9 heteroatoms. The molecule has 0 spiro atoms. The van der Waals surface area contributed by atoms with Crippen LogP contribution in [0.15, 0.2) is 24.3 Å². The standard InChI is InChI=1S/C13H16F3NO3S2/c1-3-21-12(18)8-17(2)22(19,20)9-10-5-4-6-11(7-10)13(14,15)16/h4-7H,3,8-9H2,1-2H3. The monoisotopic (exact) mass is 355 g/mol. The van der Waals surface area contributed by atoms with Gasteiger partial charge in [0.05, 0.1) is 17.9 Å². The van der Waals surface area contributed by atoms with E-state index in [1.54, 1.807) is 6.92 Å². The van der Waals surface area contributed by atoms with Crippen molar-refractivity contribution in [2.45, 2.75) is 18.9 Å². The van der Waals surface area contributed by atoms with Gasteiger partial charge in [0.25, 0.3) is 0 Å². The van der Waals surface area contributed by atoms with Crippen LogP contribution in [0.25, 0.3) is 0 Å². The van der Waals surface area contributed by atoms with E-state index in [9.17, 15) is 26.4 Å². The van der Waals surface area contributed by atoms with Crippen molar-refractivity contribution in [3.05, 3.63) is 35.4 Å². The average molecular weight is 355 g/mol. The Morgan fingerprint density at radius 3 is 2.50 bits per heavy atom. The van der Waals surface area contributed by atoms with Crippen LogP contribution < -0.4 is 0 Å². The SMILES string of the molecule is CCSC(=O)CN(C)S(=O)(=O)Cc1cccc(C(F)(F)F)c1. The minimum absolute atomic E-state index is 0.0252. The van der Waals surface area contributed by atoms with Gasteiger partial charge >= 0.3 is 6.18 Å². The molecule has 0 aliphatic heterocycles. The van der Waals surface area contributed by atoms with E-state index in [-0.39, 0.29) is 17.2 Å². The van der Waals surface area contributed by atoms with Gasteiger partial charge < -0.3 is 0 Å². The number of carbonyl (C=O) groups excluding carboxylic acids is 1. The Bertz CT molecular complexity index is 630. The van der Waals surface area contributed by atoms with Gasteiger partial charge in [0.15, 0.2) is 0 Å². The van der Waals surface area contributed by atoms with E-state index in [2.05, 4.69) is 0 Å². The molecule has 124 valence electrons. The van der Waals surface area contributed by atoms with Crippen LogP contribution in [0.1, 0.15) is 18.1 Å². The molecule has 0 fully saturated rings. The van der Waals surface area contributed by atoms with E-state index < -0.39 is 27.5 Å². The lowest BCUT2D eigenvalue weighted by atomic mass is 10.1. The molecular weight excluding hydrogens is 339 g/mol. The molecule has 0 bridgehead atoms. The Morgan fingerprint density at radius 2 is 1.95 bits per heavy atom. The number of sulfonamides is 1. The van der Waals surface area contributed by atoms with Gasteiger partial charge in [-0.15, -0.1) is 0 Å². The highest BCUT2D eigenvalue weighted by molar-refractivity contribution is 8.13. The Balaban J connectivity index is 2.86. The first-order valence-electron chi connectivity index (χ1n) is 6.32. The molecule has 1 aromatic rings. The van der Waals surface area contributed by atoms with Gasteiger partial charge in [-0.3, -0.25) is 4.79 Å². The predicted molar refractivity (Wildman–Crippen MR) is 79.8 cm³/mol. The van der Waals surface area contributed by atoms with Crippen molar-refractivity contribution >= 4 is 26.9 Å². The highest BCUT2D eigenvalue weighted by atomic mass is 32.2. The zero-order valence-electron chi connectivity index (χ0n) is 12.1. The van der Waals surface area contributed by atoms with Crippen LogP contribution in [0.4, 0.5) is 13.2 Å². The van der Waals surface area contributed by atoms with Crippen molar-refractivity contribution in [2.24, 2.45) is 0 Å².